The number of likely N-dealkylation sites (N-methyl/N-ethyl adjacent to an activating group) is 1. The molecule has 2 aliphatic rings. The van der Waals surface area contributed by atoms with E-state index in [0.717, 1.165) is 31.7 Å². The summed E-state index contributed by atoms with van der Waals surface area (Å²) in [4.78, 5) is 18.5. The standard InChI is InChI=1S/C19H20F3N3O2/c1-24-17-9-16(27-10-12-7-14(21)15(22)8-13(12)20)23-18(26)25(17)11-19(24)5-3-2-4-6-19/h7-9H,2-6,10-11H2,1H3. The first kappa shape index (κ1) is 17.9. The van der Waals surface area contributed by atoms with Crippen LogP contribution in [0.4, 0.5) is 19.0 Å². The van der Waals surface area contributed by atoms with Gasteiger partial charge in [-0.25, -0.2) is 18.0 Å². The molecule has 4 rings (SSSR count). The number of aromatic nitrogens is 2. The predicted octanol–water partition coefficient (Wildman–Crippen LogP) is 3.39. The molecule has 5 nitrogen and oxygen atoms in total. The van der Waals surface area contributed by atoms with Gasteiger partial charge in [0.05, 0.1) is 12.1 Å². The Kier molecular flexibility index (Phi) is 4.36. The summed E-state index contributed by atoms with van der Waals surface area (Å²) in [6.45, 7) is 0.247. The van der Waals surface area contributed by atoms with Crippen LogP contribution in [0.1, 0.15) is 37.7 Å². The van der Waals surface area contributed by atoms with Crippen LogP contribution in [0.3, 0.4) is 0 Å². The molecule has 0 amide bonds. The van der Waals surface area contributed by atoms with Crippen LogP contribution in [-0.4, -0.2) is 22.1 Å². The van der Waals surface area contributed by atoms with Gasteiger partial charge in [-0.2, -0.15) is 4.98 Å². The molecular weight excluding hydrogens is 359 g/mol. The van der Waals surface area contributed by atoms with Gasteiger partial charge in [0, 0.05) is 24.7 Å². The lowest BCUT2D eigenvalue weighted by atomic mass is 9.81. The van der Waals surface area contributed by atoms with E-state index in [1.807, 2.05) is 7.05 Å². The molecule has 0 radical (unpaired) electrons. The third kappa shape index (κ3) is 3.07. The van der Waals surface area contributed by atoms with Gasteiger partial charge >= 0.3 is 5.69 Å². The molecule has 1 aliphatic carbocycles. The third-order valence-electron chi connectivity index (χ3n) is 5.72. The molecule has 1 fully saturated rings. The Bertz CT molecular complexity index is 939. The summed E-state index contributed by atoms with van der Waals surface area (Å²) in [6.07, 6.45) is 5.48. The van der Waals surface area contributed by atoms with Crippen molar-refractivity contribution in [2.75, 3.05) is 11.9 Å². The fraction of sp³-hybridized carbons (Fsp3) is 0.474. The molecule has 8 heteroatoms. The zero-order valence-corrected chi connectivity index (χ0v) is 15.0. The Morgan fingerprint density at radius 2 is 1.78 bits per heavy atom. The van der Waals surface area contributed by atoms with Gasteiger partial charge in [0.2, 0.25) is 5.88 Å². The van der Waals surface area contributed by atoms with Crippen molar-refractivity contribution in [2.45, 2.75) is 50.8 Å². The van der Waals surface area contributed by atoms with Crippen LogP contribution >= 0.6 is 0 Å². The molecule has 0 unspecified atom stereocenters. The lowest BCUT2D eigenvalue weighted by Gasteiger charge is -2.39. The molecule has 1 saturated carbocycles. The zero-order chi connectivity index (χ0) is 19.2. The van der Waals surface area contributed by atoms with E-state index in [9.17, 15) is 18.0 Å². The van der Waals surface area contributed by atoms with Gasteiger partial charge in [-0.1, -0.05) is 19.3 Å². The molecule has 1 spiro atoms. The Morgan fingerprint density at radius 1 is 1.07 bits per heavy atom. The molecule has 1 aromatic heterocycles. The Labute approximate surface area is 154 Å². The lowest BCUT2D eigenvalue weighted by Crippen LogP contribution is -2.46. The zero-order valence-electron chi connectivity index (χ0n) is 15.0. The number of benzene rings is 1. The van der Waals surface area contributed by atoms with E-state index in [2.05, 4.69) is 9.88 Å². The largest absolute Gasteiger partial charge is 0.472 e. The third-order valence-corrected chi connectivity index (χ3v) is 5.72. The maximum absolute atomic E-state index is 13.8. The summed E-state index contributed by atoms with van der Waals surface area (Å²) in [5.74, 6) is -2.58. The number of rotatable bonds is 3. The van der Waals surface area contributed by atoms with Gasteiger partial charge in [-0.3, -0.25) is 4.57 Å². The van der Waals surface area contributed by atoms with Crippen molar-refractivity contribution in [1.29, 1.82) is 0 Å². The lowest BCUT2D eigenvalue weighted by molar-refractivity contribution is 0.275. The minimum atomic E-state index is -1.26. The van der Waals surface area contributed by atoms with Gasteiger partial charge < -0.3 is 9.64 Å². The monoisotopic (exact) mass is 379 g/mol. The number of nitrogens with zero attached hydrogens (tertiary/aromatic N) is 3. The van der Waals surface area contributed by atoms with E-state index >= 15 is 0 Å². The van der Waals surface area contributed by atoms with Crippen LogP contribution in [0.15, 0.2) is 23.0 Å². The summed E-state index contributed by atoms with van der Waals surface area (Å²) < 4.78 is 47.1. The number of fused-ring (bicyclic) bond motifs is 1. The van der Waals surface area contributed by atoms with Crippen molar-refractivity contribution in [1.82, 2.24) is 9.55 Å². The Morgan fingerprint density at radius 3 is 2.52 bits per heavy atom. The summed E-state index contributed by atoms with van der Waals surface area (Å²) in [5, 5.41) is 0. The second kappa shape index (κ2) is 6.58. The first-order valence-electron chi connectivity index (χ1n) is 9.02. The number of hydrogen-bond acceptors (Lipinski definition) is 4. The van der Waals surface area contributed by atoms with E-state index in [1.54, 1.807) is 10.6 Å². The quantitative estimate of drug-likeness (QED) is 0.767. The highest BCUT2D eigenvalue weighted by Gasteiger charge is 2.43. The molecular formula is C19H20F3N3O2. The number of hydrogen-bond donors (Lipinski definition) is 0. The van der Waals surface area contributed by atoms with E-state index < -0.39 is 23.1 Å². The second-order valence-corrected chi connectivity index (χ2v) is 7.31. The number of ether oxygens (including phenoxy) is 1. The van der Waals surface area contributed by atoms with E-state index in [0.29, 0.717) is 18.4 Å². The van der Waals surface area contributed by atoms with Crippen molar-refractivity contribution in [3.8, 4) is 5.88 Å². The highest BCUT2D eigenvalue weighted by Crippen LogP contribution is 2.41. The first-order valence-corrected chi connectivity index (χ1v) is 9.02. The van der Waals surface area contributed by atoms with Crippen LogP contribution in [0.25, 0.3) is 0 Å². The Hall–Kier alpha value is -2.51. The molecule has 1 aromatic carbocycles. The van der Waals surface area contributed by atoms with Crippen LogP contribution in [-0.2, 0) is 13.2 Å². The molecule has 0 atom stereocenters. The fourth-order valence-electron chi connectivity index (χ4n) is 4.15. The average molecular weight is 379 g/mol. The van der Waals surface area contributed by atoms with Gasteiger partial charge in [-0.05, 0) is 18.9 Å². The molecule has 2 heterocycles. The summed E-state index contributed by atoms with van der Waals surface area (Å²) in [7, 11) is 1.96. The van der Waals surface area contributed by atoms with Crippen molar-refractivity contribution < 1.29 is 17.9 Å². The second-order valence-electron chi connectivity index (χ2n) is 7.31. The van der Waals surface area contributed by atoms with Crippen molar-refractivity contribution in [3.05, 3.63) is 51.7 Å². The normalized spacial score (nSPS) is 18.0. The predicted molar refractivity (Wildman–Crippen MR) is 93.4 cm³/mol. The average Bonchev–Trinajstić information content (AvgIpc) is 2.91. The molecule has 1 aliphatic heterocycles. The van der Waals surface area contributed by atoms with Crippen molar-refractivity contribution >= 4 is 5.82 Å². The summed E-state index contributed by atoms with van der Waals surface area (Å²) in [6, 6.07) is 2.86. The molecule has 0 N–H and O–H groups in total. The summed E-state index contributed by atoms with van der Waals surface area (Å²) >= 11 is 0. The SMILES string of the molecule is CN1c2cc(OCc3cc(F)c(F)cc3F)nc(=O)n2CC12CCCCC2. The van der Waals surface area contributed by atoms with Gasteiger partial charge in [0.15, 0.2) is 11.6 Å². The van der Waals surface area contributed by atoms with Crippen molar-refractivity contribution in [2.24, 2.45) is 0 Å². The van der Waals surface area contributed by atoms with Crippen LogP contribution in [0.2, 0.25) is 0 Å². The number of halogens is 3. The van der Waals surface area contributed by atoms with Crippen molar-refractivity contribution in [3.63, 3.8) is 0 Å². The topological polar surface area (TPSA) is 47.4 Å². The number of anilines is 1. The maximum atomic E-state index is 13.8. The van der Waals surface area contributed by atoms with Crippen LogP contribution in [0.5, 0.6) is 5.88 Å². The van der Waals surface area contributed by atoms with E-state index in [1.165, 1.54) is 6.42 Å². The maximum Gasteiger partial charge on any atom is 0.352 e. The van der Waals surface area contributed by atoms with E-state index in [4.69, 9.17) is 4.74 Å². The molecule has 2 aromatic rings. The fourth-order valence-corrected chi connectivity index (χ4v) is 4.15. The molecule has 27 heavy (non-hydrogen) atoms. The molecule has 0 saturated heterocycles. The highest BCUT2D eigenvalue weighted by atomic mass is 19.2. The smallest absolute Gasteiger partial charge is 0.352 e. The first-order chi connectivity index (χ1) is 12.9. The molecule has 144 valence electrons. The molecule has 0 bridgehead atoms. The Balaban J connectivity index is 1.58. The van der Waals surface area contributed by atoms with Gasteiger partial charge in [0.25, 0.3) is 0 Å². The van der Waals surface area contributed by atoms with Crippen LogP contribution < -0.4 is 15.3 Å². The van der Waals surface area contributed by atoms with Gasteiger partial charge in [0.1, 0.15) is 18.2 Å². The summed E-state index contributed by atoms with van der Waals surface area (Å²) in [5.41, 5.74) is -0.646. The minimum Gasteiger partial charge on any atom is -0.472 e. The minimum absolute atomic E-state index is 0.0371. The van der Waals surface area contributed by atoms with E-state index in [-0.39, 0.29) is 23.6 Å². The van der Waals surface area contributed by atoms with Gasteiger partial charge in [-0.15, -0.1) is 0 Å². The highest BCUT2D eigenvalue weighted by molar-refractivity contribution is 5.48. The van der Waals surface area contributed by atoms with Crippen LogP contribution in [0, 0.1) is 17.5 Å².